The van der Waals surface area contributed by atoms with Crippen molar-refractivity contribution in [2.24, 2.45) is 5.92 Å². The average molecular weight is 246 g/mol. The molecule has 1 unspecified atom stereocenters. The minimum absolute atomic E-state index is 0.119. The van der Waals surface area contributed by atoms with E-state index in [1.807, 2.05) is 24.3 Å². The normalized spacial score (nSPS) is 12.3. The van der Waals surface area contributed by atoms with E-state index in [2.05, 4.69) is 10.3 Å². The lowest BCUT2D eigenvalue weighted by Gasteiger charge is -2.07. The van der Waals surface area contributed by atoms with Gasteiger partial charge in [-0.1, -0.05) is 25.1 Å². The van der Waals surface area contributed by atoms with Crippen LogP contribution in [0.5, 0.6) is 0 Å². The van der Waals surface area contributed by atoms with Crippen LogP contribution in [-0.2, 0) is 4.79 Å². The highest BCUT2D eigenvalue weighted by atomic mass is 16.4. The zero-order valence-electron chi connectivity index (χ0n) is 9.93. The second-order valence-electron chi connectivity index (χ2n) is 4.20. The van der Waals surface area contributed by atoms with Gasteiger partial charge in [0, 0.05) is 23.6 Å². The first-order valence-corrected chi connectivity index (χ1v) is 5.66. The predicted octanol–water partition coefficient (Wildman–Crippen LogP) is 1.62. The lowest BCUT2D eigenvalue weighted by molar-refractivity contribution is -0.140. The van der Waals surface area contributed by atoms with E-state index >= 15 is 0 Å². The largest absolute Gasteiger partial charge is 0.481 e. The second kappa shape index (κ2) is 4.91. The lowest BCUT2D eigenvalue weighted by Crippen LogP contribution is -2.31. The molecule has 1 aromatic carbocycles. The Kier molecular flexibility index (Phi) is 3.32. The highest BCUT2D eigenvalue weighted by Crippen LogP contribution is 2.17. The number of carboxylic acids is 1. The van der Waals surface area contributed by atoms with E-state index in [1.54, 1.807) is 13.1 Å². The second-order valence-corrected chi connectivity index (χ2v) is 4.20. The molecule has 1 atom stereocenters. The van der Waals surface area contributed by atoms with E-state index in [9.17, 15) is 9.59 Å². The summed E-state index contributed by atoms with van der Waals surface area (Å²) >= 11 is 0. The van der Waals surface area contributed by atoms with Crippen LogP contribution in [0.4, 0.5) is 0 Å². The molecule has 1 aromatic heterocycles. The van der Waals surface area contributed by atoms with Crippen molar-refractivity contribution in [1.29, 1.82) is 0 Å². The summed E-state index contributed by atoms with van der Waals surface area (Å²) in [5, 5.41) is 12.2. The van der Waals surface area contributed by atoms with Gasteiger partial charge in [-0.3, -0.25) is 9.59 Å². The molecule has 2 aromatic rings. The molecular formula is C13H14N2O3. The maximum Gasteiger partial charge on any atom is 0.308 e. The molecule has 0 aliphatic heterocycles. The molecule has 94 valence electrons. The fourth-order valence-electron chi connectivity index (χ4n) is 1.69. The zero-order chi connectivity index (χ0) is 13.1. The van der Waals surface area contributed by atoms with Crippen LogP contribution >= 0.6 is 0 Å². The van der Waals surface area contributed by atoms with E-state index in [1.165, 1.54) is 0 Å². The number of nitrogens with one attached hydrogen (secondary N) is 2. The van der Waals surface area contributed by atoms with E-state index in [-0.39, 0.29) is 12.5 Å². The monoisotopic (exact) mass is 246 g/mol. The molecule has 18 heavy (non-hydrogen) atoms. The highest BCUT2D eigenvalue weighted by molar-refractivity contribution is 6.06. The number of H-pyrrole nitrogens is 1. The lowest BCUT2D eigenvalue weighted by atomic mass is 10.1. The Bertz CT molecular complexity index is 589. The Morgan fingerprint density at radius 3 is 2.83 bits per heavy atom. The quantitative estimate of drug-likeness (QED) is 0.766. The number of hydrogen-bond acceptors (Lipinski definition) is 2. The van der Waals surface area contributed by atoms with Crippen LogP contribution in [0.2, 0.25) is 0 Å². The SMILES string of the molecule is CC(CNC(=O)c1c[nH]c2ccccc12)C(=O)O. The van der Waals surface area contributed by atoms with Gasteiger partial charge >= 0.3 is 5.97 Å². The van der Waals surface area contributed by atoms with E-state index in [0.29, 0.717) is 5.56 Å². The molecule has 0 saturated heterocycles. The Morgan fingerprint density at radius 1 is 1.39 bits per heavy atom. The summed E-state index contributed by atoms with van der Waals surface area (Å²) in [7, 11) is 0. The molecule has 0 aliphatic carbocycles. The standard InChI is InChI=1S/C13H14N2O3/c1-8(13(17)18)6-15-12(16)10-7-14-11-5-3-2-4-9(10)11/h2-5,7-8,14H,6H2,1H3,(H,15,16)(H,17,18). The third kappa shape index (κ3) is 2.34. The van der Waals surface area contributed by atoms with Gasteiger partial charge in [0.15, 0.2) is 0 Å². The van der Waals surface area contributed by atoms with Crippen LogP contribution in [-0.4, -0.2) is 28.5 Å². The van der Waals surface area contributed by atoms with Crippen molar-refractivity contribution in [3.05, 3.63) is 36.0 Å². The van der Waals surface area contributed by atoms with Crippen molar-refractivity contribution in [2.45, 2.75) is 6.92 Å². The number of aromatic amines is 1. The predicted molar refractivity (Wildman–Crippen MR) is 67.4 cm³/mol. The molecule has 0 saturated carbocycles. The van der Waals surface area contributed by atoms with Gasteiger partial charge in [-0.25, -0.2) is 0 Å². The van der Waals surface area contributed by atoms with Gasteiger partial charge in [-0.2, -0.15) is 0 Å². The number of rotatable bonds is 4. The van der Waals surface area contributed by atoms with Crippen LogP contribution in [0.15, 0.2) is 30.5 Å². The molecule has 1 amide bonds. The van der Waals surface area contributed by atoms with Crippen molar-refractivity contribution in [3.8, 4) is 0 Å². The number of carboxylic acid groups (broad SMARTS) is 1. The molecule has 0 bridgehead atoms. The summed E-state index contributed by atoms with van der Waals surface area (Å²) < 4.78 is 0. The maximum atomic E-state index is 11.9. The molecule has 1 heterocycles. The van der Waals surface area contributed by atoms with Gasteiger partial charge in [0.2, 0.25) is 0 Å². The van der Waals surface area contributed by atoms with E-state index in [0.717, 1.165) is 10.9 Å². The molecular weight excluding hydrogens is 232 g/mol. The fraction of sp³-hybridized carbons (Fsp3) is 0.231. The summed E-state index contributed by atoms with van der Waals surface area (Å²) in [4.78, 5) is 25.6. The van der Waals surface area contributed by atoms with E-state index < -0.39 is 11.9 Å². The van der Waals surface area contributed by atoms with Gasteiger partial charge in [0.1, 0.15) is 0 Å². The van der Waals surface area contributed by atoms with Crippen LogP contribution < -0.4 is 5.32 Å². The van der Waals surface area contributed by atoms with Gasteiger partial charge in [-0.05, 0) is 6.07 Å². The number of para-hydroxylation sites is 1. The number of aromatic nitrogens is 1. The van der Waals surface area contributed by atoms with Crippen molar-refractivity contribution in [3.63, 3.8) is 0 Å². The number of fused-ring (bicyclic) bond motifs is 1. The van der Waals surface area contributed by atoms with Crippen LogP contribution in [0.1, 0.15) is 17.3 Å². The Hall–Kier alpha value is -2.30. The third-order valence-corrected chi connectivity index (χ3v) is 2.82. The number of hydrogen-bond donors (Lipinski definition) is 3. The topological polar surface area (TPSA) is 82.2 Å². The zero-order valence-corrected chi connectivity index (χ0v) is 9.93. The summed E-state index contributed by atoms with van der Waals surface area (Å²) in [5.41, 5.74) is 1.41. The van der Waals surface area contributed by atoms with Gasteiger partial charge < -0.3 is 15.4 Å². The Morgan fingerprint density at radius 2 is 2.11 bits per heavy atom. The molecule has 0 radical (unpaired) electrons. The Labute approximate surface area is 104 Å². The maximum absolute atomic E-state index is 11.9. The van der Waals surface area contributed by atoms with Crippen molar-refractivity contribution >= 4 is 22.8 Å². The number of carbonyl (C=O) groups is 2. The van der Waals surface area contributed by atoms with Crippen LogP contribution in [0, 0.1) is 5.92 Å². The summed E-state index contributed by atoms with van der Waals surface area (Å²) in [6.07, 6.45) is 1.63. The Balaban J connectivity index is 2.12. The third-order valence-electron chi connectivity index (χ3n) is 2.82. The van der Waals surface area contributed by atoms with Crippen molar-refractivity contribution < 1.29 is 14.7 Å². The van der Waals surface area contributed by atoms with Gasteiger partial charge in [0.05, 0.1) is 11.5 Å². The minimum atomic E-state index is -0.922. The number of aliphatic carboxylic acids is 1. The van der Waals surface area contributed by atoms with Gasteiger partial charge in [-0.15, -0.1) is 0 Å². The van der Waals surface area contributed by atoms with Crippen molar-refractivity contribution in [1.82, 2.24) is 10.3 Å². The molecule has 2 rings (SSSR count). The van der Waals surface area contributed by atoms with Crippen LogP contribution in [0.25, 0.3) is 10.9 Å². The number of amides is 1. The average Bonchev–Trinajstić information content (AvgIpc) is 2.79. The summed E-state index contributed by atoms with van der Waals surface area (Å²) in [6.45, 7) is 1.67. The summed E-state index contributed by atoms with van der Waals surface area (Å²) in [5.74, 6) is -1.78. The molecule has 5 nitrogen and oxygen atoms in total. The van der Waals surface area contributed by atoms with Crippen molar-refractivity contribution in [2.75, 3.05) is 6.54 Å². The minimum Gasteiger partial charge on any atom is -0.481 e. The molecule has 0 fully saturated rings. The number of carbonyl (C=O) groups excluding carboxylic acids is 1. The first-order valence-electron chi connectivity index (χ1n) is 5.66. The van der Waals surface area contributed by atoms with Gasteiger partial charge in [0.25, 0.3) is 5.91 Å². The highest BCUT2D eigenvalue weighted by Gasteiger charge is 2.15. The van der Waals surface area contributed by atoms with E-state index in [4.69, 9.17) is 5.11 Å². The number of benzene rings is 1. The molecule has 5 heteroatoms. The fourth-order valence-corrected chi connectivity index (χ4v) is 1.69. The first-order chi connectivity index (χ1) is 8.59. The molecule has 3 N–H and O–H groups in total. The first kappa shape index (κ1) is 12.2. The van der Waals surface area contributed by atoms with Crippen LogP contribution in [0.3, 0.4) is 0 Å². The molecule has 0 spiro atoms. The summed E-state index contributed by atoms with van der Waals surface area (Å²) in [6, 6.07) is 7.47. The molecule has 0 aliphatic rings. The smallest absolute Gasteiger partial charge is 0.308 e.